The quantitative estimate of drug-likeness (QED) is 0.0418. The standard InChI is InChI=1S/C58H54O10/c1-59-23-25-65-53-34-54(66-26-24-60-2)52(58-49-21-13-9-17-45(49)56(46-18-10-14-22-50(46)58)38-28-40(64-6)32-42(30-38)68-36-62-4)33-51(53)57-47-19-11-7-15-43(47)55(44-16-8-12-20-48(44)57)37-27-39(63-5)31-41(29-37)67-35-61-3/h7-22,27-34H,23-26,35-36H2,1-6H3. The summed E-state index contributed by atoms with van der Waals surface area (Å²) in [5, 5.41) is 8.33. The molecule has 0 spiro atoms. The molecule has 10 nitrogen and oxygen atoms in total. The molecule has 9 aromatic rings. The maximum Gasteiger partial charge on any atom is 0.188 e. The molecule has 10 heteroatoms. The van der Waals surface area contributed by atoms with E-state index in [1.54, 1.807) is 42.7 Å². The molecule has 0 bridgehead atoms. The summed E-state index contributed by atoms with van der Waals surface area (Å²) in [5.74, 6) is 3.93. The fraction of sp³-hybridized carbons (Fsp3) is 0.207. The molecular weight excluding hydrogens is 857 g/mol. The molecule has 0 aromatic heterocycles. The summed E-state index contributed by atoms with van der Waals surface area (Å²) in [4.78, 5) is 0. The second kappa shape index (κ2) is 21.1. The minimum atomic E-state index is 0.103. The number of rotatable bonds is 20. The smallest absolute Gasteiger partial charge is 0.188 e. The second-order valence-electron chi connectivity index (χ2n) is 16.1. The molecule has 0 aliphatic rings. The molecule has 0 fully saturated rings. The average Bonchev–Trinajstić information content (AvgIpc) is 3.38. The Bertz CT molecular complexity index is 2910. The maximum absolute atomic E-state index is 6.77. The van der Waals surface area contributed by atoms with Gasteiger partial charge in [-0.1, -0.05) is 97.1 Å². The van der Waals surface area contributed by atoms with Crippen LogP contribution in [0.3, 0.4) is 0 Å². The first kappa shape index (κ1) is 45.8. The predicted molar refractivity (Wildman–Crippen MR) is 271 cm³/mol. The zero-order valence-corrected chi connectivity index (χ0v) is 39.2. The summed E-state index contributed by atoms with van der Waals surface area (Å²) in [6, 6.07) is 50.3. The first-order chi connectivity index (χ1) is 33.5. The van der Waals surface area contributed by atoms with E-state index in [-0.39, 0.29) is 13.6 Å². The van der Waals surface area contributed by atoms with E-state index in [2.05, 4.69) is 115 Å². The Hall–Kier alpha value is -7.34. The van der Waals surface area contributed by atoms with E-state index in [0.717, 1.165) is 87.6 Å². The number of hydrogen-bond acceptors (Lipinski definition) is 10. The average molecular weight is 911 g/mol. The van der Waals surface area contributed by atoms with E-state index in [4.69, 9.17) is 47.4 Å². The summed E-state index contributed by atoms with van der Waals surface area (Å²) in [6.45, 7) is 1.63. The van der Waals surface area contributed by atoms with E-state index in [1.165, 1.54) is 0 Å². The van der Waals surface area contributed by atoms with Gasteiger partial charge in [0.15, 0.2) is 13.6 Å². The molecule has 0 aliphatic heterocycles. The molecule has 0 saturated carbocycles. The van der Waals surface area contributed by atoms with Crippen LogP contribution < -0.4 is 28.4 Å². The fourth-order valence-corrected chi connectivity index (χ4v) is 9.21. The maximum atomic E-state index is 6.77. The van der Waals surface area contributed by atoms with Gasteiger partial charge in [0.1, 0.15) is 47.7 Å². The molecule has 0 aliphatic carbocycles. The molecule has 0 atom stereocenters. The highest BCUT2D eigenvalue weighted by atomic mass is 16.7. The van der Waals surface area contributed by atoms with Gasteiger partial charge in [-0.05, 0) is 95.7 Å². The Morgan fingerprint density at radius 2 is 0.618 bits per heavy atom. The van der Waals surface area contributed by atoms with Gasteiger partial charge in [-0.2, -0.15) is 0 Å². The van der Waals surface area contributed by atoms with E-state index in [9.17, 15) is 0 Å². The van der Waals surface area contributed by atoms with Crippen molar-refractivity contribution >= 4 is 43.1 Å². The number of benzene rings is 9. The molecule has 0 radical (unpaired) electrons. The van der Waals surface area contributed by atoms with Crippen molar-refractivity contribution in [2.75, 3.05) is 82.7 Å². The van der Waals surface area contributed by atoms with E-state index >= 15 is 0 Å². The second-order valence-corrected chi connectivity index (χ2v) is 16.1. The molecule has 0 heterocycles. The van der Waals surface area contributed by atoms with Crippen molar-refractivity contribution in [3.63, 3.8) is 0 Å². The molecule has 0 saturated heterocycles. The van der Waals surface area contributed by atoms with Gasteiger partial charge in [0.2, 0.25) is 0 Å². The largest absolute Gasteiger partial charge is 0.497 e. The molecule has 68 heavy (non-hydrogen) atoms. The number of ether oxygens (including phenoxy) is 10. The van der Waals surface area contributed by atoms with Gasteiger partial charge >= 0.3 is 0 Å². The van der Waals surface area contributed by atoms with Crippen LogP contribution in [0.1, 0.15) is 0 Å². The van der Waals surface area contributed by atoms with Crippen LogP contribution in [0.4, 0.5) is 0 Å². The molecule has 0 N–H and O–H groups in total. The fourth-order valence-electron chi connectivity index (χ4n) is 9.21. The van der Waals surface area contributed by atoms with Crippen molar-refractivity contribution in [1.29, 1.82) is 0 Å². The van der Waals surface area contributed by atoms with Crippen LogP contribution in [0.5, 0.6) is 34.5 Å². The third-order valence-electron chi connectivity index (χ3n) is 12.1. The van der Waals surface area contributed by atoms with Gasteiger partial charge in [-0.25, -0.2) is 0 Å². The third-order valence-corrected chi connectivity index (χ3v) is 12.1. The SMILES string of the molecule is COCCOc1cc(OCCOC)c(-c2c3ccccc3c(-c3cc(OC)cc(OCOC)c3)c3ccccc23)cc1-c1c2ccccc2c(-c2cc(OC)cc(OCOC)c2)c2ccccc12. The van der Waals surface area contributed by atoms with Crippen molar-refractivity contribution in [3.05, 3.63) is 146 Å². The lowest BCUT2D eigenvalue weighted by atomic mass is 9.83. The molecule has 0 unspecified atom stereocenters. The highest BCUT2D eigenvalue weighted by Crippen LogP contribution is 2.52. The Morgan fingerprint density at radius 1 is 0.294 bits per heavy atom. The van der Waals surface area contributed by atoms with Gasteiger partial charge in [-0.3, -0.25) is 0 Å². The van der Waals surface area contributed by atoms with E-state index in [0.29, 0.717) is 60.9 Å². The van der Waals surface area contributed by atoms with Crippen molar-refractivity contribution < 1.29 is 47.4 Å². The molecule has 9 rings (SSSR count). The Kier molecular flexibility index (Phi) is 14.2. The molecular formula is C58H54O10. The summed E-state index contributed by atoms with van der Waals surface area (Å²) < 4.78 is 58.8. The normalized spacial score (nSPS) is 11.4. The Balaban J connectivity index is 1.38. The van der Waals surface area contributed by atoms with Crippen molar-refractivity contribution in [1.82, 2.24) is 0 Å². The minimum absolute atomic E-state index is 0.103. The lowest BCUT2D eigenvalue weighted by Gasteiger charge is -2.24. The van der Waals surface area contributed by atoms with E-state index in [1.807, 2.05) is 30.3 Å². The van der Waals surface area contributed by atoms with Crippen LogP contribution in [-0.4, -0.2) is 82.7 Å². The van der Waals surface area contributed by atoms with Crippen LogP contribution >= 0.6 is 0 Å². The lowest BCUT2D eigenvalue weighted by Crippen LogP contribution is -2.08. The Morgan fingerprint density at radius 3 is 0.926 bits per heavy atom. The lowest BCUT2D eigenvalue weighted by molar-refractivity contribution is 0.0508. The predicted octanol–water partition coefficient (Wildman–Crippen LogP) is 13.0. The van der Waals surface area contributed by atoms with E-state index < -0.39 is 0 Å². The molecule has 346 valence electrons. The van der Waals surface area contributed by atoms with Crippen molar-refractivity contribution in [2.45, 2.75) is 0 Å². The van der Waals surface area contributed by atoms with Crippen LogP contribution in [0, 0.1) is 0 Å². The van der Waals surface area contributed by atoms with Gasteiger partial charge < -0.3 is 47.4 Å². The minimum Gasteiger partial charge on any atom is -0.497 e. The zero-order valence-electron chi connectivity index (χ0n) is 39.2. The van der Waals surface area contributed by atoms with Crippen molar-refractivity contribution in [3.8, 4) is 79.0 Å². The highest BCUT2D eigenvalue weighted by Gasteiger charge is 2.26. The monoisotopic (exact) mass is 910 g/mol. The highest BCUT2D eigenvalue weighted by molar-refractivity contribution is 6.24. The zero-order chi connectivity index (χ0) is 47.0. The van der Waals surface area contributed by atoms with Crippen molar-refractivity contribution in [2.24, 2.45) is 0 Å². The topological polar surface area (TPSA) is 92.3 Å². The van der Waals surface area contributed by atoms with Crippen LogP contribution in [0.2, 0.25) is 0 Å². The summed E-state index contributed by atoms with van der Waals surface area (Å²) in [7, 11) is 9.90. The molecule has 0 amide bonds. The van der Waals surface area contributed by atoms with Crippen LogP contribution in [0.25, 0.3) is 87.6 Å². The van der Waals surface area contributed by atoms with Crippen LogP contribution in [0.15, 0.2) is 146 Å². The third kappa shape index (κ3) is 9.07. The first-order valence-corrected chi connectivity index (χ1v) is 22.4. The van der Waals surface area contributed by atoms with Gasteiger partial charge in [0.25, 0.3) is 0 Å². The number of hydrogen-bond donors (Lipinski definition) is 0. The molecule has 9 aromatic carbocycles. The number of fused-ring (bicyclic) bond motifs is 4. The van der Waals surface area contributed by atoms with Gasteiger partial charge in [-0.15, -0.1) is 0 Å². The summed E-state index contributed by atoms with van der Waals surface area (Å²) >= 11 is 0. The summed E-state index contributed by atoms with van der Waals surface area (Å²) in [5.41, 5.74) is 7.80. The van der Waals surface area contributed by atoms with Crippen LogP contribution in [-0.2, 0) is 18.9 Å². The van der Waals surface area contributed by atoms with Gasteiger partial charge in [0, 0.05) is 68.9 Å². The number of methoxy groups -OCH3 is 6. The first-order valence-electron chi connectivity index (χ1n) is 22.4. The summed E-state index contributed by atoms with van der Waals surface area (Å²) in [6.07, 6.45) is 0. The van der Waals surface area contributed by atoms with Gasteiger partial charge in [0.05, 0.1) is 27.4 Å². The Labute approximate surface area is 396 Å².